The van der Waals surface area contributed by atoms with Crippen molar-refractivity contribution in [2.24, 2.45) is 0 Å². The largest absolute Gasteiger partial charge is 0.492 e. The Morgan fingerprint density at radius 3 is 2.64 bits per heavy atom. The fraction of sp³-hybridized carbons (Fsp3) is 0.650. The number of hydrogen-bond acceptors (Lipinski definition) is 4. The summed E-state index contributed by atoms with van der Waals surface area (Å²) in [5.74, 6) is 0.887. The summed E-state index contributed by atoms with van der Waals surface area (Å²) in [5.41, 5.74) is 0.773. The lowest BCUT2D eigenvalue weighted by Crippen LogP contribution is -2.52. The van der Waals surface area contributed by atoms with Crippen LogP contribution in [0, 0.1) is 6.92 Å². The van der Waals surface area contributed by atoms with Gasteiger partial charge in [-0.05, 0) is 59.6 Å². The van der Waals surface area contributed by atoms with Crippen LogP contribution in [0.25, 0.3) is 0 Å². The number of nitrogens with zero attached hydrogens (tertiary/aromatic N) is 1. The van der Waals surface area contributed by atoms with E-state index in [-0.39, 0.29) is 18.2 Å². The smallest absolute Gasteiger partial charge is 0.410 e. The van der Waals surface area contributed by atoms with Gasteiger partial charge in [0.1, 0.15) is 18.0 Å². The molecule has 0 aliphatic carbocycles. The maximum absolute atomic E-state index is 12.2. The molecule has 0 radical (unpaired) electrons. The Morgan fingerprint density at radius 1 is 1.32 bits per heavy atom. The maximum Gasteiger partial charge on any atom is 0.410 e. The fourth-order valence-corrected chi connectivity index (χ4v) is 2.91. The average Bonchev–Trinajstić information content (AvgIpc) is 2.53. The molecule has 2 rings (SSSR count). The summed E-state index contributed by atoms with van der Waals surface area (Å²) >= 11 is 0. The third-order valence-electron chi connectivity index (χ3n) is 4.11. The molecule has 1 aliphatic rings. The standard InChI is InChI=1S/C20H32N2O3/c1-15-8-10-18(11-9-15)24-14-16(2)21-17-7-6-12-22(13-17)19(23)25-20(3,4)5/h8-11,16-17,21H,6-7,12-14H2,1-5H3. The van der Waals surface area contributed by atoms with Crippen LogP contribution in [0.2, 0.25) is 0 Å². The summed E-state index contributed by atoms with van der Waals surface area (Å²) in [7, 11) is 0. The molecule has 0 aromatic heterocycles. The number of hydrogen-bond donors (Lipinski definition) is 1. The molecule has 1 fully saturated rings. The number of ether oxygens (including phenoxy) is 2. The van der Waals surface area contributed by atoms with E-state index in [2.05, 4.69) is 19.2 Å². The summed E-state index contributed by atoms with van der Waals surface area (Å²) in [5, 5.41) is 3.57. The van der Waals surface area contributed by atoms with Gasteiger partial charge in [-0.25, -0.2) is 4.79 Å². The topological polar surface area (TPSA) is 50.8 Å². The average molecular weight is 348 g/mol. The molecular weight excluding hydrogens is 316 g/mol. The molecule has 5 heteroatoms. The Kier molecular flexibility index (Phi) is 6.71. The van der Waals surface area contributed by atoms with E-state index >= 15 is 0 Å². The van der Waals surface area contributed by atoms with Crippen molar-refractivity contribution in [3.63, 3.8) is 0 Å². The van der Waals surface area contributed by atoms with Gasteiger partial charge in [-0.2, -0.15) is 0 Å². The fourth-order valence-electron chi connectivity index (χ4n) is 2.91. The van der Waals surface area contributed by atoms with Gasteiger partial charge in [-0.15, -0.1) is 0 Å². The number of amides is 1. The molecule has 1 aromatic rings. The quantitative estimate of drug-likeness (QED) is 0.880. The van der Waals surface area contributed by atoms with Crippen molar-refractivity contribution >= 4 is 6.09 Å². The summed E-state index contributed by atoms with van der Waals surface area (Å²) in [6, 6.07) is 8.57. The number of rotatable bonds is 5. The highest BCUT2D eigenvalue weighted by Crippen LogP contribution is 2.16. The Hall–Kier alpha value is -1.75. The van der Waals surface area contributed by atoms with E-state index in [0.717, 1.165) is 25.1 Å². The van der Waals surface area contributed by atoms with E-state index in [1.54, 1.807) is 4.90 Å². The van der Waals surface area contributed by atoms with E-state index in [4.69, 9.17) is 9.47 Å². The van der Waals surface area contributed by atoms with Gasteiger partial charge in [0.15, 0.2) is 0 Å². The minimum absolute atomic E-state index is 0.213. The zero-order valence-corrected chi connectivity index (χ0v) is 16.2. The van der Waals surface area contributed by atoms with E-state index < -0.39 is 5.60 Å². The molecular formula is C20H32N2O3. The van der Waals surface area contributed by atoms with Crippen molar-refractivity contribution in [2.75, 3.05) is 19.7 Å². The first-order valence-electron chi connectivity index (χ1n) is 9.16. The number of piperidine rings is 1. The van der Waals surface area contributed by atoms with Gasteiger partial charge in [-0.1, -0.05) is 17.7 Å². The molecule has 0 bridgehead atoms. The molecule has 1 aliphatic heterocycles. The Morgan fingerprint density at radius 2 is 2.00 bits per heavy atom. The summed E-state index contributed by atoms with van der Waals surface area (Å²) in [4.78, 5) is 14.0. The lowest BCUT2D eigenvalue weighted by atomic mass is 10.1. The van der Waals surface area contributed by atoms with Crippen LogP contribution in [0.5, 0.6) is 5.75 Å². The lowest BCUT2D eigenvalue weighted by Gasteiger charge is -2.35. The SMILES string of the molecule is Cc1ccc(OCC(C)NC2CCCN(C(=O)OC(C)(C)C)C2)cc1. The first kappa shape index (κ1) is 19.6. The molecule has 2 unspecified atom stereocenters. The Labute approximate surface area is 151 Å². The Bertz CT molecular complexity index is 551. The van der Waals surface area contributed by atoms with Gasteiger partial charge in [0, 0.05) is 25.2 Å². The number of benzene rings is 1. The van der Waals surface area contributed by atoms with Crippen LogP contribution < -0.4 is 10.1 Å². The first-order valence-corrected chi connectivity index (χ1v) is 9.16. The molecule has 1 heterocycles. The number of likely N-dealkylation sites (tertiary alicyclic amines) is 1. The zero-order valence-electron chi connectivity index (χ0n) is 16.2. The lowest BCUT2D eigenvalue weighted by molar-refractivity contribution is 0.0182. The molecule has 140 valence electrons. The second kappa shape index (κ2) is 8.56. The molecule has 25 heavy (non-hydrogen) atoms. The summed E-state index contributed by atoms with van der Waals surface area (Å²) in [6.07, 6.45) is 1.83. The monoisotopic (exact) mass is 348 g/mol. The van der Waals surface area contributed by atoms with Crippen molar-refractivity contribution in [3.05, 3.63) is 29.8 Å². The molecule has 2 atom stereocenters. The predicted molar refractivity (Wildman–Crippen MR) is 100 cm³/mol. The predicted octanol–water partition coefficient (Wildman–Crippen LogP) is 3.75. The highest BCUT2D eigenvalue weighted by atomic mass is 16.6. The van der Waals surface area contributed by atoms with Gasteiger partial charge in [0.2, 0.25) is 0 Å². The first-order chi connectivity index (χ1) is 11.7. The number of nitrogens with one attached hydrogen (secondary N) is 1. The Balaban J connectivity index is 1.77. The van der Waals surface area contributed by atoms with Crippen LogP contribution in [-0.2, 0) is 4.74 Å². The van der Waals surface area contributed by atoms with Gasteiger partial charge in [0.05, 0.1) is 0 Å². The van der Waals surface area contributed by atoms with E-state index in [0.29, 0.717) is 13.2 Å². The third-order valence-corrected chi connectivity index (χ3v) is 4.11. The van der Waals surface area contributed by atoms with E-state index in [1.165, 1.54) is 5.56 Å². The number of carbonyl (C=O) groups is 1. The van der Waals surface area contributed by atoms with Gasteiger partial charge >= 0.3 is 6.09 Å². The highest BCUT2D eigenvalue weighted by Gasteiger charge is 2.28. The van der Waals surface area contributed by atoms with Crippen molar-refractivity contribution < 1.29 is 14.3 Å². The van der Waals surface area contributed by atoms with Crippen molar-refractivity contribution in [1.29, 1.82) is 0 Å². The highest BCUT2D eigenvalue weighted by molar-refractivity contribution is 5.68. The van der Waals surface area contributed by atoms with Crippen LogP contribution in [-0.4, -0.2) is 48.4 Å². The zero-order chi connectivity index (χ0) is 18.4. The molecule has 0 saturated carbocycles. The molecule has 5 nitrogen and oxygen atoms in total. The van der Waals surface area contributed by atoms with Crippen molar-refractivity contribution in [1.82, 2.24) is 10.2 Å². The molecule has 1 saturated heterocycles. The van der Waals surface area contributed by atoms with Crippen LogP contribution in [0.4, 0.5) is 4.79 Å². The van der Waals surface area contributed by atoms with Crippen LogP contribution in [0.1, 0.15) is 46.1 Å². The molecule has 0 spiro atoms. The minimum Gasteiger partial charge on any atom is -0.492 e. The molecule has 1 N–H and O–H groups in total. The van der Waals surface area contributed by atoms with Crippen LogP contribution in [0.15, 0.2) is 24.3 Å². The van der Waals surface area contributed by atoms with Crippen LogP contribution in [0.3, 0.4) is 0 Å². The summed E-state index contributed by atoms with van der Waals surface area (Å²) < 4.78 is 11.3. The number of carbonyl (C=O) groups excluding carboxylic acids is 1. The van der Waals surface area contributed by atoms with E-state index in [1.807, 2.05) is 45.0 Å². The van der Waals surface area contributed by atoms with Gasteiger partial charge in [0.25, 0.3) is 0 Å². The third kappa shape index (κ3) is 6.94. The van der Waals surface area contributed by atoms with Crippen molar-refractivity contribution in [3.8, 4) is 5.75 Å². The second-order valence-corrected chi connectivity index (χ2v) is 7.96. The van der Waals surface area contributed by atoms with E-state index in [9.17, 15) is 4.79 Å². The molecule has 1 amide bonds. The second-order valence-electron chi connectivity index (χ2n) is 7.96. The normalized spacial score (nSPS) is 19.4. The number of aryl methyl sites for hydroxylation is 1. The van der Waals surface area contributed by atoms with Gasteiger partial charge < -0.3 is 19.7 Å². The summed E-state index contributed by atoms with van der Waals surface area (Å²) in [6.45, 7) is 11.9. The molecule has 1 aromatic carbocycles. The maximum atomic E-state index is 12.2. The van der Waals surface area contributed by atoms with Gasteiger partial charge in [-0.3, -0.25) is 0 Å². The minimum atomic E-state index is -0.452. The van der Waals surface area contributed by atoms with Crippen LogP contribution >= 0.6 is 0 Å². The van der Waals surface area contributed by atoms with Crippen molar-refractivity contribution in [2.45, 2.75) is 65.1 Å².